The molecule has 2 amide bonds. The van der Waals surface area contributed by atoms with Crippen LogP contribution in [0.1, 0.15) is 40.1 Å². The maximum atomic E-state index is 12.7. The number of fused-ring (bicyclic) bond motifs is 1. The standard InChI is InChI=1S/C26H25N3O3/c1-17(2)29(3)26(31)20-11-9-18(10-12-20)16-27-25(30)21-13-14-23-22(15-21)24(32-28-23)19-7-5-4-6-8-19/h4-15,17H,16H2,1-3H3,(H,27,30). The Labute approximate surface area is 186 Å². The highest BCUT2D eigenvalue weighted by Crippen LogP contribution is 2.29. The fourth-order valence-corrected chi connectivity index (χ4v) is 3.37. The van der Waals surface area contributed by atoms with Gasteiger partial charge in [-0.05, 0) is 49.7 Å². The largest absolute Gasteiger partial charge is 0.355 e. The van der Waals surface area contributed by atoms with Crippen molar-refractivity contribution in [3.63, 3.8) is 0 Å². The summed E-state index contributed by atoms with van der Waals surface area (Å²) in [7, 11) is 1.79. The summed E-state index contributed by atoms with van der Waals surface area (Å²) in [4.78, 5) is 26.9. The lowest BCUT2D eigenvalue weighted by atomic mass is 10.1. The first kappa shape index (κ1) is 21.3. The van der Waals surface area contributed by atoms with Crippen molar-refractivity contribution >= 4 is 22.7 Å². The number of hydrogen-bond acceptors (Lipinski definition) is 4. The van der Waals surface area contributed by atoms with Crippen LogP contribution in [0.3, 0.4) is 0 Å². The number of carbonyl (C=O) groups excluding carboxylic acids is 2. The van der Waals surface area contributed by atoms with Crippen LogP contribution in [0.15, 0.2) is 77.3 Å². The number of benzene rings is 3. The SMILES string of the molecule is CC(C)N(C)C(=O)c1ccc(CNC(=O)c2ccc3noc(-c4ccccc4)c3c2)cc1. The summed E-state index contributed by atoms with van der Waals surface area (Å²) < 4.78 is 5.51. The minimum absolute atomic E-state index is 0.0215. The topological polar surface area (TPSA) is 75.4 Å². The molecule has 0 aliphatic rings. The van der Waals surface area contributed by atoms with Crippen molar-refractivity contribution in [2.45, 2.75) is 26.4 Å². The van der Waals surface area contributed by atoms with Gasteiger partial charge in [0.05, 0.1) is 5.39 Å². The molecule has 32 heavy (non-hydrogen) atoms. The lowest BCUT2D eigenvalue weighted by Crippen LogP contribution is -2.32. The van der Waals surface area contributed by atoms with Crippen molar-refractivity contribution in [1.82, 2.24) is 15.4 Å². The van der Waals surface area contributed by atoms with Crippen LogP contribution in [-0.4, -0.2) is 35.0 Å². The van der Waals surface area contributed by atoms with E-state index < -0.39 is 0 Å². The van der Waals surface area contributed by atoms with Crippen LogP contribution in [-0.2, 0) is 6.54 Å². The van der Waals surface area contributed by atoms with Crippen molar-refractivity contribution < 1.29 is 14.1 Å². The molecule has 0 aliphatic heterocycles. The molecular weight excluding hydrogens is 402 g/mol. The Balaban J connectivity index is 1.46. The third-order valence-electron chi connectivity index (χ3n) is 5.52. The van der Waals surface area contributed by atoms with Gasteiger partial charge in [0.2, 0.25) is 0 Å². The molecule has 162 valence electrons. The Bertz CT molecular complexity index is 1240. The van der Waals surface area contributed by atoms with E-state index in [1.54, 1.807) is 42.3 Å². The summed E-state index contributed by atoms with van der Waals surface area (Å²) in [6.07, 6.45) is 0. The van der Waals surface area contributed by atoms with E-state index in [1.807, 2.05) is 56.3 Å². The number of nitrogens with one attached hydrogen (secondary N) is 1. The van der Waals surface area contributed by atoms with E-state index in [1.165, 1.54) is 0 Å². The molecule has 6 nitrogen and oxygen atoms in total. The quantitative estimate of drug-likeness (QED) is 0.475. The molecular formula is C26H25N3O3. The Morgan fingerprint density at radius 1 is 0.969 bits per heavy atom. The average Bonchev–Trinajstić information content (AvgIpc) is 3.25. The predicted molar refractivity (Wildman–Crippen MR) is 124 cm³/mol. The Morgan fingerprint density at radius 2 is 1.66 bits per heavy atom. The van der Waals surface area contributed by atoms with Crippen LogP contribution < -0.4 is 5.32 Å². The van der Waals surface area contributed by atoms with E-state index in [0.29, 0.717) is 28.9 Å². The van der Waals surface area contributed by atoms with E-state index in [0.717, 1.165) is 16.5 Å². The van der Waals surface area contributed by atoms with Gasteiger partial charge in [-0.15, -0.1) is 0 Å². The first-order valence-corrected chi connectivity index (χ1v) is 10.5. The van der Waals surface area contributed by atoms with Crippen LogP contribution in [0.2, 0.25) is 0 Å². The third kappa shape index (κ3) is 4.39. The summed E-state index contributed by atoms with van der Waals surface area (Å²) in [5.41, 5.74) is 3.68. The van der Waals surface area contributed by atoms with Gasteiger partial charge in [-0.25, -0.2) is 0 Å². The van der Waals surface area contributed by atoms with Crippen LogP contribution in [0.25, 0.3) is 22.2 Å². The van der Waals surface area contributed by atoms with Crippen LogP contribution in [0.4, 0.5) is 0 Å². The molecule has 4 aromatic rings. The number of hydrogen-bond donors (Lipinski definition) is 1. The van der Waals surface area contributed by atoms with Crippen LogP contribution in [0, 0.1) is 0 Å². The van der Waals surface area contributed by atoms with Gasteiger partial charge in [-0.2, -0.15) is 0 Å². The Morgan fingerprint density at radius 3 is 2.34 bits per heavy atom. The minimum atomic E-state index is -0.188. The predicted octanol–water partition coefficient (Wildman–Crippen LogP) is 4.91. The second-order valence-corrected chi connectivity index (χ2v) is 8.00. The summed E-state index contributed by atoms with van der Waals surface area (Å²) in [6, 6.07) is 22.4. The lowest BCUT2D eigenvalue weighted by molar-refractivity contribution is 0.0754. The lowest BCUT2D eigenvalue weighted by Gasteiger charge is -2.21. The van der Waals surface area contributed by atoms with Crippen molar-refractivity contribution in [1.29, 1.82) is 0 Å². The van der Waals surface area contributed by atoms with Crippen LogP contribution >= 0.6 is 0 Å². The highest BCUT2D eigenvalue weighted by molar-refractivity contribution is 6.01. The molecule has 0 unspecified atom stereocenters. The van der Waals surface area contributed by atoms with Crippen LogP contribution in [0.5, 0.6) is 0 Å². The fraction of sp³-hybridized carbons (Fsp3) is 0.192. The molecule has 0 aliphatic carbocycles. The monoisotopic (exact) mass is 427 g/mol. The summed E-state index contributed by atoms with van der Waals surface area (Å²) in [5, 5.41) is 7.83. The molecule has 4 rings (SSSR count). The van der Waals surface area contributed by atoms with E-state index in [9.17, 15) is 9.59 Å². The number of carbonyl (C=O) groups is 2. The first-order valence-electron chi connectivity index (χ1n) is 10.5. The highest BCUT2D eigenvalue weighted by atomic mass is 16.5. The van der Waals surface area contributed by atoms with Gasteiger partial charge in [0.25, 0.3) is 11.8 Å². The van der Waals surface area contributed by atoms with Gasteiger partial charge < -0.3 is 14.7 Å². The molecule has 1 heterocycles. The zero-order valence-electron chi connectivity index (χ0n) is 18.3. The van der Waals surface area contributed by atoms with E-state index in [2.05, 4.69) is 10.5 Å². The van der Waals surface area contributed by atoms with Gasteiger partial charge in [0.1, 0.15) is 5.52 Å². The molecule has 0 atom stereocenters. The fourth-order valence-electron chi connectivity index (χ4n) is 3.37. The van der Waals surface area contributed by atoms with Gasteiger partial charge in [0.15, 0.2) is 5.76 Å². The molecule has 0 radical (unpaired) electrons. The van der Waals surface area contributed by atoms with Gasteiger partial charge >= 0.3 is 0 Å². The van der Waals surface area contributed by atoms with E-state index in [4.69, 9.17) is 4.52 Å². The van der Waals surface area contributed by atoms with E-state index in [-0.39, 0.29) is 17.9 Å². The van der Waals surface area contributed by atoms with Crippen molar-refractivity contribution in [3.05, 3.63) is 89.5 Å². The maximum Gasteiger partial charge on any atom is 0.253 e. The number of aromatic nitrogens is 1. The molecule has 0 spiro atoms. The van der Waals surface area contributed by atoms with Gasteiger partial charge in [-0.3, -0.25) is 9.59 Å². The molecule has 1 aromatic heterocycles. The zero-order chi connectivity index (χ0) is 22.7. The van der Waals surface area contributed by atoms with E-state index >= 15 is 0 Å². The Hall–Kier alpha value is -3.93. The summed E-state index contributed by atoms with van der Waals surface area (Å²) in [6.45, 7) is 4.31. The number of nitrogens with zero attached hydrogens (tertiary/aromatic N) is 2. The summed E-state index contributed by atoms with van der Waals surface area (Å²) in [5.74, 6) is 0.431. The zero-order valence-corrected chi connectivity index (χ0v) is 18.3. The summed E-state index contributed by atoms with van der Waals surface area (Å²) >= 11 is 0. The third-order valence-corrected chi connectivity index (χ3v) is 5.52. The van der Waals surface area contributed by atoms with Crippen molar-refractivity contribution in [2.75, 3.05) is 7.05 Å². The molecule has 3 aromatic carbocycles. The van der Waals surface area contributed by atoms with Gasteiger partial charge in [-0.1, -0.05) is 47.6 Å². The molecule has 0 fully saturated rings. The van der Waals surface area contributed by atoms with Gasteiger partial charge in [0, 0.05) is 36.3 Å². The maximum absolute atomic E-state index is 12.7. The smallest absolute Gasteiger partial charge is 0.253 e. The molecule has 0 bridgehead atoms. The molecule has 1 N–H and O–H groups in total. The second kappa shape index (κ2) is 9.06. The van der Waals surface area contributed by atoms with Crippen molar-refractivity contribution in [2.24, 2.45) is 0 Å². The molecule has 0 saturated heterocycles. The molecule has 6 heteroatoms. The Kier molecular flexibility index (Phi) is 6.03. The molecule has 0 saturated carbocycles. The average molecular weight is 428 g/mol. The highest BCUT2D eigenvalue weighted by Gasteiger charge is 2.15. The normalized spacial score (nSPS) is 11.0. The first-order chi connectivity index (χ1) is 15.4. The van der Waals surface area contributed by atoms with Crippen molar-refractivity contribution in [3.8, 4) is 11.3 Å². The number of rotatable bonds is 6. The second-order valence-electron chi connectivity index (χ2n) is 8.00. The minimum Gasteiger partial charge on any atom is -0.355 e. The number of amides is 2.